The molecule has 0 radical (unpaired) electrons. The van der Waals surface area contributed by atoms with E-state index in [0.29, 0.717) is 11.5 Å². The minimum atomic E-state index is -0.469. The second kappa shape index (κ2) is 7.30. The molecule has 0 aromatic carbocycles. The normalized spacial score (nSPS) is 10.5. The fraction of sp³-hybridized carbons (Fsp3) is 0.417. The van der Waals surface area contributed by atoms with Gasteiger partial charge >= 0.3 is 5.97 Å². The van der Waals surface area contributed by atoms with Crippen molar-refractivity contribution in [3.63, 3.8) is 0 Å². The molecule has 0 unspecified atom stereocenters. The number of nitrogens with one attached hydrogen (secondary N) is 1. The van der Waals surface area contributed by atoms with Crippen LogP contribution in [0.3, 0.4) is 0 Å². The van der Waals surface area contributed by atoms with Gasteiger partial charge in [-0.2, -0.15) is 0 Å². The van der Waals surface area contributed by atoms with E-state index < -0.39 is 5.97 Å². The van der Waals surface area contributed by atoms with E-state index in [1.54, 1.807) is 12.1 Å². The number of carbonyl (C=O) groups is 1. The van der Waals surface area contributed by atoms with E-state index in [2.05, 4.69) is 27.2 Å². The summed E-state index contributed by atoms with van der Waals surface area (Å²) in [5.74, 6) is 1.04. The zero-order valence-electron chi connectivity index (χ0n) is 11.2. The minimum Gasteiger partial charge on any atom is -0.463 e. The number of rotatable bonds is 7. The van der Waals surface area contributed by atoms with Crippen LogP contribution in [0, 0.1) is 0 Å². The first kappa shape index (κ1) is 14.9. The van der Waals surface area contributed by atoms with E-state index in [9.17, 15) is 4.79 Å². The molecule has 2 aromatic heterocycles. The van der Waals surface area contributed by atoms with Crippen molar-refractivity contribution in [2.24, 2.45) is 0 Å². The molecule has 0 bridgehead atoms. The first-order valence-corrected chi connectivity index (χ1v) is 7.90. The Bertz CT molecular complexity index is 568. The molecule has 1 N–H and O–H groups in total. The van der Waals surface area contributed by atoms with Crippen LogP contribution in [0.1, 0.15) is 29.7 Å². The molecule has 108 valence electrons. The van der Waals surface area contributed by atoms with E-state index in [1.807, 2.05) is 0 Å². The van der Waals surface area contributed by atoms with Gasteiger partial charge in [0.15, 0.2) is 4.34 Å². The molecule has 20 heavy (non-hydrogen) atoms. The quantitative estimate of drug-likeness (QED) is 0.622. The first-order valence-electron chi connectivity index (χ1n) is 6.10. The zero-order valence-corrected chi connectivity index (χ0v) is 12.8. The Labute approximate surface area is 124 Å². The Morgan fingerprint density at radius 3 is 3.10 bits per heavy atom. The molecule has 0 saturated carbocycles. The topological polar surface area (TPSA) is 77.2 Å². The van der Waals surface area contributed by atoms with E-state index in [1.165, 1.54) is 30.2 Å². The number of methoxy groups -OCH3 is 1. The van der Waals surface area contributed by atoms with Gasteiger partial charge in [-0.15, -0.1) is 10.2 Å². The van der Waals surface area contributed by atoms with Crippen LogP contribution in [0.2, 0.25) is 0 Å². The minimum absolute atomic E-state index is 0.214. The smallest absolute Gasteiger partial charge is 0.373 e. The largest absolute Gasteiger partial charge is 0.463 e. The third-order valence-electron chi connectivity index (χ3n) is 2.32. The molecule has 0 saturated heterocycles. The highest BCUT2D eigenvalue weighted by Crippen LogP contribution is 2.28. The summed E-state index contributed by atoms with van der Waals surface area (Å²) in [4.78, 5) is 11.3. The lowest BCUT2D eigenvalue weighted by atomic mass is 10.4. The Kier molecular flexibility index (Phi) is 5.42. The van der Waals surface area contributed by atoms with E-state index >= 15 is 0 Å². The molecule has 8 heteroatoms. The van der Waals surface area contributed by atoms with Crippen LogP contribution in [0.15, 0.2) is 20.9 Å². The number of carbonyl (C=O) groups excluding carboxylic acids is 1. The number of furan rings is 1. The van der Waals surface area contributed by atoms with Gasteiger partial charge in [0.1, 0.15) is 5.76 Å². The number of hydrogen-bond donors (Lipinski definition) is 1. The van der Waals surface area contributed by atoms with Crippen molar-refractivity contribution in [2.75, 3.05) is 19.0 Å². The second-order valence-electron chi connectivity index (χ2n) is 3.85. The van der Waals surface area contributed by atoms with Crippen LogP contribution < -0.4 is 5.32 Å². The average Bonchev–Trinajstić information content (AvgIpc) is 3.11. The Hall–Kier alpha value is -1.54. The van der Waals surface area contributed by atoms with Crippen molar-refractivity contribution in [3.05, 3.63) is 23.7 Å². The van der Waals surface area contributed by atoms with Gasteiger partial charge in [-0.05, 0) is 18.6 Å². The molecule has 0 aliphatic rings. The zero-order chi connectivity index (χ0) is 14.4. The number of aromatic nitrogens is 2. The lowest BCUT2D eigenvalue weighted by molar-refractivity contribution is 0.0563. The Morgan fingerprint density at radius 1 is 1.50 bits per heavy atom. The average molecular weight is 313 g/mol. The van der Waals surface area contributed by atoms with Crippen molar-refractivity contribution >= 4 is 34.2 Å². The van der Waals surface area contributed by atoms with E-state index in [4.69, 9.17) is 4.42 Å². The number of anilines is 1. The van der Waals surface area contributed by atoms with Gasteiger partial charge in [-0.25, -0.2) is 4.79 Å². The molecule has 0 aliphatic heterocycles. The number of nitrogens with zero attached hydrogens (tertiary/aromatic N) is 2. The Morgan fingerprint density at radius 2 is 2.35 bits per heavy atom. The highest BCUT2D eigenvalue weighted by Gasteiger charge is 2.12. The van der Waals surface area contributed by atoms with Gasteiger partial charge in [0.2, 0.25) is 10.9 Å². The molecular weight excluding hydrogens is 298 g/mol. The van der Waals surface area contributed by atoms with Crippen molar-refractivity contribution < 1.29 is 13.9 Å². The van der Waals surface area contributed by atoms with Gasteiger partial charge in [-0.1, -0.05) is 30.0 Å². The molecular formula is C12H15N3O3S2. The third-order valence-corrected chi connectivity index (χ3v) is 4.36. The van der Waals surface area contributed by atoms with Crippen molar-refractivity contribution in [3.8, 4) is 0 Å². The fourth-order valence-corrected chi connectivity index (χ4v) is 3.04. The van der Waals surface area contributed by atoms with Gasteiger partial charge in [0, 0.05) is 6.54 Å². The monoisotopic (exact) mass is 313 g/mol. The van der Waals surface area contributed by atoms with Crippen LogP contribution in [0.25, 0.3) is 0 Å². The molecule has 2 aromatic rings. The number of ether oxygens (including phenoxy) is 1. The van der Waals surface area contributed by atoms with Crippen LogP contribution >= 0.6 is 23.1 Å². The predicted octanol–water partition coefficient (Wildman–Crippen LogP) is 3.03. The summed E-state index contributed by atoms with van der Waals surface area (Å²) < 4.78 is 10.8. The third kappa shape index (κ3) is 3.97. The first-order chi connectivity index (χ1) is 9.72. The molecule has 0 fully saturated rings. The van der Waals surface area contributed by atoms with Crippen molar-refractivity contribution in [1.29, 1.82) is 0 Å². The van der Waals surface area contributed by atoms with Crippen LogP contribution in [-0.2, 0) is 10.5 Å². The van der Waals surface area contributed by atoms with Gasteiger partial charge in [0.25, 0.3) is 0 Å². The highest BCUT2D eigenvalue weighted by molar-refractivity contribution is 8.00. The summed E-state index contributed by atoms with van der Waals surface area (Å²) in [5, 5.41) is 12.1. The maximum absolute atomic E-state index is 11.3. The number of hydrogen-bond acceptors (Lipinski definition) is 8. The lowest BCUT2D eigenvalue weighted by Crippen LogP contribution is -1.98. The van der Waals surface area contributed by atoms with Crippen LogP contribution in [-0.4, -0.2) is 29.8 Å². The summed E-state index contributed by atoms with van der Waals surface area (Å²) >= 11 is 3.03. The highest BCUT2D eigenvalue weighted by atomic mass is 32.2. The standard InChI is InChI=1S/C12H15N3O3S2/c1-3-6-13-11-14-15-12(20-11)19-7-8-4-5-9(18-8)10(16)17-2/h4-5H,3,6-7H2,1-2H3,(H,13,14). The summed E-state index contributed by atoms with van der Waals surface area (Å²) in [6.45, 7) is 2.99. The summed E-state index contributed by atoms with van der Waals surface area (Å²) in [6, 6.07) is 3.37. The molecule has 0 spiro atoms. The van der Waals surface area contributed by atoms with Gasteiger partial charge in [-0.3, -0.25) is 0 Å². The second-order valence-corrected chi connectivity index (χ2v) is 6.05. The SMILES string of the molecule is CCCNc1nnc(SCc2ccc(C(=O)OC)o2)s1. The molecule has 6 nitrogen and oxygen atoms in total. The van der Waals surface area contributed by atoms with Crippen LogP contribution in [0.4, 0.5) is 5.13 Å². The fourth-order valence-electron chi connectivity index (χ4n) is 1.37. The van der Waals surface area contributed by atoms with E-state index in [-0.39, 0.29) is 5.76 Å². The van der Waals surface area contributed by atoms with Crippen LogP contribution in [0.5, 0.6) is 0 Å². The molecule has 2 heterocycles. The maximum atomic E-state index is 11.3. The van der Waals surface area contributed by atoms with Crippen molar-refractivity contribution in [2.45, 2.75) is 23.4 Å². The van der Waals surface area contributed by atoms with Gasteiger partial charge in [0.05, 0.1) is 12.9 Å². The molecule has 0 amide bonds. The maximum Gasteiger partial charge on any atom is 0.373 e. The predicted molar refractivity (Wildman–Crippen MR) is 78.3 cm³/mol. The molecule has 0 aliphatic carbocycles. The number of esters is 1. The van der Waals surface area contributed by atoms with Crippen molar-refractivity contribution in [1.82, 2.24) is 10.2 Å². The summed E-state index contributed by atoms with van der Waals surface area (Å²) in [6.07, 6.45) is 1.05. The number of thioether (sulfide) groups is 1. The summed E-state index contributed by atoms with van der Waals surface area (Å²) in [5.41, 5.74) is 0. The van der Waals surface area contributed by atoms with Gasteiger partial charge < -0.3 is 14.5 Å². The lowest BCUT2D eigenvalue weighted by Gasteiger charge is -1.96. The van der Waals surface area contributed by atoms with E-state index in [0.717, 1.165) is 22.4 Å². The molecule has 2 rings (SSSR count). The molecule has 0 atom stereocenters. The Balaban J connectivity index is 1.87. The summed E-state index contributed by atoms with van der Waals surface area (Å²) in [7, 11) is 1.32.